The molecule has 1 aliphatic rings. The van der Waals surface area contributed by atoms with Gasteiger partial charge >= 0.3 is 0 Å². The summed E-state index contributed by atoms with van der Waals surface area (Å²) in [7, 11) is 3.87. The summed E-state index contributed by atoms with van der Waals surface area (Å²) in [5.74, 6) is 0.174. The molecular weight excluding hydrogens is 538 g/mol. The lowest BCUT2D eigenvalue weighted by Crippen LogP contribution is -2.42. The number of H-pyrrole nitrogens is 1. The minimum atomic E-state index is -0.206. The van der Waals surface area contributed by atoms with Crippen LogP contribution in [0.3, 0.4) is 0 Å². The molecule has 2 aromatic heterocycles. The van der Waals surface area contributed by atoms with Crippen LogP contribution in [-0.2, 0) is 4.79 Å². The van der Waals surface area contributed by atoms with Crippen LogP contribution < -0.4 is 16.0 Å². The lowest BCUT2D eigenvalue weighted by atomic mass is 9.91. The monoisotopic (exact) mass is 571 g/mol. The van der Waals surface area contributed by atoms with Gasteiger partial charge in [-0.2, -0.15) is 0 Å². The third-order valence-corrected chi connectivity index (χ3v) is 7.36. The highest BCUT2D eigenvalue weighted by molar-refractivity contribution is 6.33. The van der Waals surface area contributed by atoms with Crippen LogP contribution in [0.4, 0.5) is 11.6 Å². The molecular formula is C31H34ClN7O2. The van der Waals surface area contributed by atoms with Gasteiger partial charge in [0.15, 0.2) is 0 Å². The quantitative estimate of drug-likeness (QED) is 0.198. The van der Waals surface area contributed by atoms with Crippen molar-refractivity contribution in [1.82, 2.24) is 25.2 Å². The van der Waals surface area contributed by atoms with Crippen LogP contribution in [0.25, 0.3) is 22.2 Å². The van der Waals surface area contributed by atoms with Crippen LogP contribution in [0.1, 0.15) is 36.0 Å². The number of carbonyl (C=O) groups is 2. The van der Waals surface area contributed by atoms with Gasteiger partial charge < -0.3 is 25.8 Å². The van der Waals surface area contributed by atoms with Crippen LogP contribution in [-0.4, -0.2) is 64.4 Å². The van der Waals surface area contributed by atoms with Crippen LogP contribution >= 0.6 is 11.6 Å². The van der Waals surface area contributed by atoms with Crippen molar-refractivity contribution >= 4 is 46.0 Å². The van der Waals surface area contributed by atoms with E-state index in [1.54, 1.807) is 36.5 Å². The maximum atomic E-state index is 13.0. The highest BCUT2D eigenvalue weighted by Crippen LogP contribution is 2.32. The topological polar surface area (TPSA) is 115 Å². The van der Waals surface area contributed by atoms with Crippen molar-refractivity contribution in [2.75, 3.05) is 31.3 Å². The van der Waals surface area contributed by atoms with Gasteiger partial charge in [0, 0.05) is 58.6 Å². The van der Waals surface area contributed by atoms with E-state index in [-0.39, 0.29) is 23.9 Å². The molecule has 0 bridgehead atoms. The Labute approximate surface area is 244 Å². The second-order valence-corrected chi connectivity index (χ2v) is 11.0. The second-order valence-electron chi connectivity index (χ2n) is 10.5. The summed E-state index contributed by atoms with van der Waals surface area (Å²) in [5, 5.41) is 11.0. The predicted molar refractivity (Wildman–Crippen MR) is 164 cm³/mol. The van der Waals surface area contributed by atoms with Crippen LogP contribution in [0.5, 0.6) is 0 Å². The molecule has 2 aromatic carbocycles. The Kier molecular flexibility index (Phi) is 8.96. The third-order valence-electron chi connectivity index (χ3n) is 7.09. The summed E-state index contributed by atoms with van der Waals surface area (Å²) in [6.45, 7) is 0.683. The molecule has 5 rings (SSSR count). The molecule has 4 aromatic rings. The number of anilines is 2. The molecule has 2 unspecified atom stereocenters. The molecule has 10 heteroatoms. The fraction of sp³-hybridized carbons (Fsp3) is 0.290. The maximum absolute atomic E-state index is 13.0. The number of hydrogen-bond donors (Lipinski definition) is 4. The van der Waals surface area contributed by atoms with Gasteiger partial charge in [-0.15, -0.1) is 0 Å². The Morgan fingerprint density at radius 1 is 1.10 bits per heavy atom. The molecule has 0 aliphatic heterocycles. The summed E-state index contributed by atoms with van der Waals surface area (Å²) in [5.41, 5.74) is 3.80. The summed E-state index contributed by atoms with van der Waals surface area (Å²) in [6, 6.07) is 15.1. The molecule has 1 saturated carbocycles. The van der Waals surface area contributed by atoms with Crippen molar-refractivity contribution in [3.8, 4) is 11.3 Å². The third kappa shape index (κ3) is 7.31. The Bertz CT molecular complexity index is 1550. The minimum absolute atomic E-state index is 0.0235. The lowest BCUT2D eigenvalue weighted by Gasteiger charge is -2.30. The van der Waals surface area contributed by atoms with Crippen molar-refractivity contribution in [1.29, 1.82) is 0 Å². The molecule has 9 nitrogen and oxygen atoms in total. The summed E-state index contributed by atoms with van der Waals surface area (Å²) >= 11 is 6.50. The van der Waals surface area contributed by atoms with Crippen LogP contribution in [0.15, 0.2) is 73.1 Å². The van der Waals surface area contributed by atoms with E-state index in [0.717, 1.165) is 42.1 Å². The Hall–Kier alpha value is -4.21. The average molecular weight is 572 g/mol. The van der Waals surface area contributed by atoms with E-state index >= 15 is 0 Å². The zero-order chi connectivity index (χ0) is 28.8. The number of likely N-dealkylation sites (N-methyl/N-ethyl adjacent to an activating group) is 1. The van der Waals surface area contributed by atoms with E-state index in [2.05, 4.69) is 25.9 Å². The van der Waals surface area contributed by atoms with E-state index in [1.807, 2.05) is 49.5 Å². The van der Waals surface area contributed by atoms with Crippen LogP contribution in [0.2, 0.25) is 5.02 Å². The zero-order valence-corrected chi connectivity index (χ0v) is 23.9. The van der Waals surface area contributed by atoms with Gasteiger partial charge in [-0.3, -0.25) is 9.59 Å². The molecule has 2 amide bonds. The van der Waals surface area contributed by atoms with Gasteiger partial charge in [0.2, 0.25) is 11.9 Å². The molecule has 0 spiro atoms. The standard InChI is InChI=1S/C31H34ClN7O2/c1-39(2)16-6-11-28(40)35-21-14-12-20(13-15-21)30(41)36-22-7-5-8-23(17-22)37-31-34-19-26(32)29(38-31)25-18-33-27-10-4-3-9-24(25)27/h3-4,6,9-15,18-19,22-23,33H,5,7-8,16-17H2,1-2H3,(H,35,40)(H,36,41)(H,34,37,38)/b11-6+. The normalized spacial score (nSPS) is 17.2. The number of carbonyl (C=O) groups excluding carboxylic acids is 2. The first-order valence-corrected chi connectivity index (χ1v) is 14.1. The fourth-order valence-electron chi connectivity index (χ4n) is 5.06. The summed E-state index contributed by atoms with van der Waals surface area (Å²) < 4.78 is 0. The second kappa shape index (κ2) is 13.0. The molecule has 2 heterocycles. The number of nitrogens with one attached hydrogen (secondary N) is 4. The fourth-order valence-corrected chi connectivity index (χ4v) is 5.25. The molecule has 2 atom stereocenters. The Balaban J connectivity index is 1.17. The first kappa shape index (κ1) is 28.3. The lowest BCUT2D eigenvalue weighted by molar-refractivity contribution is -0.111. The minimum Gasteiger partial charge on any atom is -0.360 e. The number of hydrogen-bond acceptors (Lipinski definition) is 6. The number of fused-ring (bicyclic) bond motifs is 1. The number of para-hydroxylation sites is 1. The van der Waals surface area contributed by atoms with E-state index < -0.39 is 0 Å². The van der Waals surface area contributed by atoms with Gasteiger partial charge in [-0.25, -0.2) is 9.97 Å². The first-order chi connectivity index (χ1) is 19.9. The van der Waals surface area contributed by atoms with Gasteiger partial charge in [0.1, 0.15) is 0 Å². The average Bonchev–Trinajstić information content (AvgIpc) is 3.38. The zero-order valence-electron chi connectivity index (χ0n) is 23.2. The van der Waals surface area contributed by atoms with Gasteiger partial charge in [-0.05, 0) is 70.1 Å². The van der Waals surface area contributed by atoms with E-state index in [0.29, 0.717) is 34.5 Å². The molecule has 1 fully saturated rings. The van der Waals surface area contributed by atoms with Crippen molar-refractivity contribution in [3.05, 3.63) is 83.7 Å². The molecule has 1 aliphatic carbocycles. The summed E-state index contributed by atoms with van der Waals surface area (Å²) in [4.78, 5) is 39.4. The molecule has 212 valence electrons. The largest absolute Gasteiger partial charge is 0.360 e. The number of benzene rings is 2. The van der Waals surface area contributed by atoms with E-state index in [1.165, 1.54) is 6.08 Å². The number of aromatic nitrogens is 3. The number of halogens is 1. The van der Waals surface area contributed by atoms with Gasteiger partial charge in [-0.1, -0.05) is 35.9 Å². The number of aromatic amines is 1. The van der Waals surface area contributed by atoms with Crippen molar-refractivity contribution < 1.29 is 9.59 Å². The predicted octanol–water partition coefficient (Wildman–Crippen LogP) is 5.49. The van der Waals surface area contributed by atoms with E-state index in [4.69, 9.17) is 16.6 Å². The molecule has 0 saturated heterocycles. The summed E-state index contributed by atoms with van der Waals surface area (Å²) in [6.07, 6.45) is 10.4. The Morgan fingerprint density at radius 2 is 1.88 bits per heavy atom. The van der Waals surface area contributed by atoms with Gasteiger partial charge in [0.25, 0.3) is 5.91 Å². The maximum Gasteiger partial charge on any atom is 0.251 e. The SMILES string of the molecule is CN(C)C/C=C/C(=O)Nc1ccc(C(=O)NC2CCCC(Nc3ncc(Cl)c(-c4c[nH]c5ccccc45)n3)C2)cc1. The number of amides is 2. The molecule has 41 heavy (non-hydrogen) atoms. The Morgan fingerprint density at radius 3 is 2.68 bits per heavy atom. The highest BCUT2D eigenvalue weighted by atomic mass is 35.5. The molecule has 4 N–H and O–H groups in total. The molecule has 0 radical (unpaired) electrons. The van der Waals surface area contributed by atoms with Crippen molar-refractivity contribution in [3.63, 3.8) is 0 Å². The number of rotatable bonds is 9. The highest BCUT2D eigenvalue weighted by Gasteiger charge is 2.25. The van der Waals surface area contributed by atoms with Crippen molar-refractivity contribution in [2.24, 2.45) is 0 Å². The number of nitrogens with zero attached hydrogens (tertiary/aromatic N) is 3. The van der Waals surface area contributed by atoms with Gasteiger partial charge in [0.05, 0.1) is 16.9 Å². The van der Waals surface area contributed by atoms with Crippen LogP contribution in [0, 0.1) is 0 Å². The van der Waals surface area contributed by atoms with Crippen molar-refractivity contribution in [2.45, 2.75) is 37.8 Å². The van der Waals surface area contributed by atoms with E-state index in [9.17, 15) is 9.59 Å². The first-order valence-electron chi connectivity index (χ1n) is 13.7. The smallest absolute Gasteiger partial charge is 0.251 e.